The summed E-state index contributed by atoms with van der Waals surface area (Å²) in [4.78, 5) is 4.29. The smallest absolute Gasteiger partial charge is 0.122 e. The predicted molar refractivity (Wildman–Crippen MR) is 70.6 cm³/mol. The summed E-state index contributed by atoms with van der Waals surface area (Å²) in [7, 11) is 0. The summed E-state index contributed by atoms with van der Waals surface area (Å²) in [6.07, 6.45) is 1.82. The first kappa shape index (κ1) is 11.2. The van der Waals surface area contributed by atoms with Gasteiger partial charge in [0.25, 0.3) is 0 Å². The van der Waals surface area contributed by atoms with E-state index in [0.717, 1.165) is 31.1 Å². The highest BCUT2D eigenvalue weighted by Gasteiger charge is 2.22. The van der Waals surface area contributed by atoms with Crippen molar-refractivity contribution in [3.05, 3.63) is 59.9 Å². The van der Waals surface area contributed by atoms with Crippen molar-refractivity contribution in [1.29, 1.82) is 0 Å². The van der Waals surface area contributed by atoms with Crippen LogP contribution in [0.15, 0.2) is 48.7 Å². The molecule has 2 heterocycles. The van der Waals surface area contributed by atoms with Crippen LogP contribution in [0.4, 0.5) is 0 Å². The third-order valence-corrected chi connectivity index (χ3v) is 3.22. The van der Waals surface area contributed by atoms with Gasteiger partial charge in [0.1, 0.15) is 5.75 Å². The van der Waals surface area contributed by atoms with Crippen LogP contribution in [0.1, 0.15) is 17.2 Å². The van der Waals surface area contributed by atoms with Gasteiger partial charge in [-0.1, -0.05) is 24.3 Å². The summed E-state index contributed by atoms with van der Waals surface area (Å²) < 4.78 is 5.66. The van der Waals surface area contributed by atoms with Gasteiger partial charge in [-0.25, -0.2) is 0 Å². The van der Waals surface area contributed by atoms with E-state index in [0.29, 0.717) is 5.92 Å². The molecule has 92 valence electrons. The molecule has 0 aliphatic carbocycles. The van der Waals surface area contributed by atoms with Crippen molar-refractivity contribution in [3.8, 4) is 5.75 Å². The zero-order valence-electron chi connectivity index (χ0n) is 10.2. The topological polar surface area (TPSA) is 34.1 Å². The molecule has 1 unspecified atom stereocenters. The second-order valence-electron chi connectivity index (χ2n) is 4.50. The normalized spacial score (nSPS) is 17.2. The molecule has 2 aromatic rings. The van der Waals surface area contributed by atoms with Gasteiger partial charge in [0, 0.05) is 30.8 Å². The zero-order valence-corrected chi connectivity index (χ0v) is 10.2. The second-order valence-corrected chi connectivity index (χ2v) is 4.50. The number of rotatable bonds is 4. The van der Waals surface area contributed by atoms with E-state index in [1.54, 1.807) is 0 Å². The molecule has 1 aliphatic rings. The van der Waals surface area contributed by atoms with E-state index in [1.807, 2.05) is 36.5 Å². The van der Waals surface area contributed by atoms with E-state index in [9.17, 15) is 0 Å². The number of hydrogen-bond donors (Lipinski definition) is 1. The lowest BCUT2D eigenvalue weighted by molar-refractivity contribution is 0.326. The lowest BCUT2D eigenvalue weighted by Crippen LogP contribution is -2.22. The second kappa shape index (κ2) is 5.19. The third kappa shape index (κ3) is 2.36. The van der Waals surface area contributed by atoms with Gasteiger partial charge >= 0.3 is 0 Å². The van der Waals surface area contributed by atoms with Crippen LogP contribution in [0.2, 0.25) is 0 Å². The van der Waals surface area contributed by atoms with Crippen LogP contribution in [0.3, 0.4) is 0 Å². The Morgan fingerprint density at radius 2 is 2.06 bits per heavy atom. The summed E-state index contributed by atoms with van der Waals surface area (Å²) in [6, 6.07) is 14.2. The minimum absolute atomic E-state index is 0.449. The number of aromatic nitrogens is 1. The highest BCUT2D eigenvalue weighted by molar-refractivity contribution is 5.39. The summed E-state index contributed by atoms with van der Waals surface area (Å²) in [6.45, 7) is 2.50. The van der Waals surface area contributed by atoms with Crippen LogP contribution in [0, 0.1) is 0 Å². The Morgan fingerprint density at radius 3 is 2.94 bits per heavy atom. The molecule has 0 radical (unpaired) electrons. The number of hydrogen-bond acceptors (Lipinski definition) is 3. The number of nitrogens with zero attached hydrogens (tertiary/aromatic N) is 1. The molecule has 1 atom stereocenters. The highest BCUT2D eigenvalue weighted by atomic mass is 16.5. The molecular weight excluding hydrogens is 224 g/mol. The van der Waals surface area contributed by atoms with Crippen molar-refractivity contribution >= 4 is 0 Å². The number of para-hydroxylation sites is 1. The van der Waals surface area contributed by atoms with E-state index in [2.05, 4.69) is 22.4 Å². The maximum Gasteiger partial charge on any atom is 0.122 e. The number of benzene rings is 1. The first-order chi connectivity index (χ1) is 8.93. The van der Waals surface area contributed by atoms with Gasteiger partial charge in [-0.05, 0) is 18.2 Å². The van der Waals surface area contributed by atoms with E-state index in [4.69, 9.17) is 4.74 Å². The molecule has 1 aromatic carbocycles. The van der Waals surface area contributed by atoms with Crippen LogP contribution in [0.25, 0.3) is 0 Å². The molecule has 3 nitrogen and oxygen atoms in total. The molecule has 18 heavy (non-hydrogen) atoms. The molecular formula is C15H16N2O. The number of ether oxygens (including phenoxy) is 1. The SMILES string of the molecule is c1ccc(CNCC2COc3ccccc32)nc1. The largest absolute Gasteiger partial charge is 0.493 e. The molecule has 3 rings (SSSR count). The summed E-state index contributed by atoms with van der Waals surface area (Å²) >= 11 is 0. The fraction of sp³-hybridized carbons (Fsp3) is 0.267. The molecule has 3 heteroatoms. The molecule has 1 aliphatic heterocycles. The monoisotopic (exact) mass is 240 g/mol. The zero-order chi connectivity index (χ0) is 12.2. The summed E-state index contributed by atoms with van der Waals surface area (Å²) in [5.74, 6) is 1.48. The van der Waals surface area contributed by atoms with E-state index < -0.39 is 0 Å². The van der Waals surface area contributed by atoms with Crippen molar-refractivity contribution in [1.82, 2.24) is 10.3 Å². The number of pyridine rings is 1. The van der Waals surface area contributed by atoms with Crippen LogP contribution in [-0.4, -0.2) is 18.1 Å². The maximum absolute atomic E-state index is 5.66. The van der Waals surface area contributed by atoms with E-state index in [-0.39, 0.29) is 0 Å². The molecule has 0 spiro atoms. The minimum atomic E-state index is 0.449. The third-order valence-electron chi connectivity index (χ3n) is 3.22. The molecule has 0 fully saturated rings. The van der Waals surface area contributed by atoms with Gasteiger partial charge in [0.05, 0.1) is 12.3 Å². The summed E-state index contributed by atoms with van der Waals surface area (Å²) in [5.41, 5.74) is 2.38. The van der Waals surface area contributed by atoms with Gasteiger partial charge in [0.15, 0.2) is 0 Å². The van der Waals surface area contributed by atoms with Crippen LogP contribution >= 0.6 is 0 Å². The van der Waals surface area contributed by atoms with Gasteiger partial charge < -0.3 is 10.1 Å². The minimum Gasteiger partial charge on any atom is -0.493 e. The number of nitrogens with one attached hydrogen (secondary N) is 1. The van der Waals surface area contributed by atoms with Crippen LogP contribution in [0.5, 0.6) is 5.75 Å². The Labute approximate surface area is 107 Å². The Hall–Kier alpha value is -1.87. The predicted octanol–water partition coefficient (Wildman–Crippen LogP) is 2.35. The average Bonchev–Trinajstić information content (AvgIpc) is 2.84. The van der Waals surface area contributed by atoms with Crippen molar-refractivity contribution in [2.24, 2.45) is 0 Å². The van der Waals surface area contributed by atoms with Gasteiger partial charge in [-0.15, -0.1) is 0 Å². The van der Waals surface area contributed by atoms with Crippen LogP contribution < -0.4 is 10.1 Å². The maximum atomic E-state index is 5.66. The van der Waals surface area contributed by atoms with Crippen LogP contribution in [-0.2, 0) is 6.54 Å². The standard InChI is InChI=1S/C15H16N2O/c1-2-7-15-14(6-1)12(11-18-15)9-16-10-13-5-3-4-8-17-13/h1-8,12,16H,9-11H2. The van der Waals surface area contributed by atoms with Gasteiger partial charge in [-0.3, -0.25) is 4.98 Å². The number of fused-ring (bicyclic) bond motifs is 1. The lowest BCUT2D eigenvalue weighted by atomic mass is 10.0. The molecule has 0 saturated carbocycles. The molecule has 1 N–H and O–H groups in total. The van der Waals surface area contributed by atoms with E-state index in [1.165, 1.54) is 5.56 Å². The summed E-state index contributed by atoms with van der Waals surface area (Å²) in [5, 5.41) is 3.44. The average molecular weight is 240 g/mol. The van der Waals surface area contributed by atoms with Crippen molar-refractivity contribution in [2.75, 3.05) is 13.2 Å². The fourth-order valence-corrected chi connectivity index (χ4v) is 2.28. The van der Waals surface area contributed by atoms with E-state index >= 15 is 0 Å². The molecule has 0 bridgehead atoms. The Morgan fingerprint density at radius 1 is 1.17 bits per heavy atom. The van der Waals surface area contributed by atoms with Gasteiger partial charge in [0.2, 0.25) is 0 Å². The fourth-order valence-electron chi connectivity index (χ4n) is 2.28. The lowest BCUT2D eigenvalue weighted by Gasteiger charge is -2.10. The van der Waals surface area contributed by atoms with Gasteiger partial charge in [-0.2, -0.15) is 0 Å². The molecule has 0 amide bonds. The van der Waals surface area contributed by atoms with Crippen molar-refractivity contribution in [3.63, 3.8) is 0 Å². The quantitative estimate of drug-likeness (QED) is 0.890. The highest BCUT2D eigenvalue weighted by Crippen LogP contribution is 2.32. The first-order valence-electron chi connectivity index (χ1n) is 6.26. The molecule has 1 aromatic heterocycles. The Balaban J connectivity index is 1.56. The molecule has 0 saturated heterocycles. The van der Waals surface area contributed by atoms with Crippen molar-refractivity contribution < 1.29 is 4.74 Å². The first-order valence-corrected chi connectivity index (χ1v) is 6.26. The Kier molecular flexibility index (Phi) is 3.24. The van der Waals surface area contributed by atoms with Crippen molar-refractivity contribution in [2.45, 2.75) is 12.5 Å². The Bertz CT molecular complexity index is 513.